The Morgan fingerprint density at radius 1 is 1.10 bits per heavy atom. The molecule has 1 aliphatic rings. The highest BCUT2D eigenvalue weighted by Gasteiger charge is 2.29. The van der Waals surface area contributed by atoms with E-state index in [-0.39, 0.29) is 13.1 Å². The van der Waals surface area contributed by atoms with Crippen molar-refractivity contribution in [3.05, 3.63) is 41.4 Å². The van der Waals surface area contributed by atoms with Gasteiger partial charge in [0.05, 0.1) is 13.1 Å². The van der Waals surface area contributed by atoms with E-state index in [2.05, 4.69) is 0 Å². The SMILES string of the molecule is Cc1ccc(/C=C/B2OC(=O)CN(C)CC(=O)O2)cc1. The zero-order valence-corrected chi connectivity index (χ0v) is 11.5. The molecule has 1 aliphatic heterocycles. The number of nitrogens with zero attached hydrogens (tertiary/aromatic N) is 1. The van der Waals surface area contributed by atoms with Crippen LogP contribution in [-0.2, 0) is 18.9 Å². The van der Waals surface area contributed by atoms with Gasteiger partial charge < -0.3 is 9.31 Å². The van der Waals surface area contributed by atoms with Crippen molar-refractivity contribution >= 4 is 25.1 Å². The van der Waals surface area contributed by atoms with Crippen molar-refractivity contribution in [1.29, 1.82) is 0 Å². The van der Waals surface area contributed by atoms with Crippen LogP contribution in [0.2, 0.25) is 0 Å². The minimum atomic E-state index is -0.968. The van der Waals surface area contributed by atoms with E-state index >= 15 is 0 Å². The molecule has 5 nitrogen and oxygen atoms in total. The number of carbonyl (C=O) groups is 2. The Kier molecular flexibility index (Phi) is 4.58. The van der Waals surface area contributed by atoms with Crippen LogP contribution in [0.25, 0.3) is 6.08 Å². The first-order valence-electron chi connectivity index (χ1n) is 6.35. The first-order valence-corrected chi connectivity index (χ1v) is 6.35. The highest BCUT2D eigenvalue weighted by Crippen LogP contribution is 2.07. The van der Waals surface area contributed by atoms with Gasteiger partial charge in [0.25, 0.3) is 0 Å². The van der Waals surface area contributed by atoms with Gasteiger partial charge in [0.15, 0.2) is 0 Å². The maximum atomic E-state index is 11.5. The van der Waals surface area contributed by atoms with Crippen LogP contribution in [0.1, 0.15) is 11.1 Å². The summed E-state index contributed by atoms with van der Waals surface area (Å²) in [6.45, 7) is 2.15. The average molecular weight is 273 g/mol. The number of benzene rings is 1. The fourth-order valence-electron chi connectivity index (χ4n) is 1.80. The van der Waals surface area contributed by atoms with E-state index in [9.17, 15) is 9.59 Å². The van der Waals surface area contributed by atoms with Crippen LogP contribution in [0.4, 0.5) is 0 Å². The fourth-order valence-corrected chi connectivity index (χ4v) is 1.80. The van der Waals surface area contributed by atoms with Crippen molar-refractivity contribution in [2.75, 3.05) is 20.1 Å². The second kappa shape index (κ2) is 6.39. The molecular formula is C14H16BNO4. The third-order valence-electron chi connectivity index (χ3n) is 2.82. The summed E-state index contributed by atoms with van der Waals surface area (Å²) in [5.74, 6) is 0.725. The van der Waals surface area contributed by atoms with Crippen molar-refractivity contribution in [1.82, 2.24) is 4.90 Å². The van der Waals surface area contributed by atoms with Crippen molar-refractivity contribution < 1.29 is 18.9 Å². The lowest BCUT2D eigenvalue weighted by molar-refractivity contribution is -0.145. The molecule has 0 amide bonds. The smallest absolute Gasteiger partial charge is 0.495 e. The third kappa shape index (κ3) is 4.24. The second-order valence-electron chi connectivity index (χ2n) is 4.79. The van der Waals surface area contributed by atoms with Crippen molar-refractivity contribution in [3.63, 3.8) is 0 Å². The first-order chi connectivity index (χ1) is 9.52. The van der Waals surface area contributed by atoms with Crippen molar-refractivity contribution in [3.8, 4) is 0 Å². The molecule has 1 saturated heterocycles. The van der Waals surface area contributed by atoms with Crippen LogP contribution >= 0.6 is 0 Å². The van der Waals surface area contributed by atoms with Gasteiger partial charge in [-0.25, -0.2) is 0 Å². The number of hydrogen-bond donors (Lipinski definition) is 0. The van der Waals surface area contributed by atoms with Crippen LogP contribution in [0.3, 0.4) is 0 Å². The van der Waals surface area contributed by atoms with Gasteiger partial charge in [0.1, 0.15) is 0 Å². The molecule has 0 spiro atoms. The Bertz CT molecular complexity index is 506. The Labute approximate surface area is 118 Å². The summed E-state index contributed by atoms with van der Waals surface area (Å²) in [6.07, 6.45) is 1.76. The fraction of sp³-hybridized carbons (Fsp3) is 0.286. The van der Waals surface area contributed by atoms with E-state index in [0.717, 1.165) is 11.1 Å². The molecule has 2 rings (SSSR count). The molecule has 0 saturated carbocycles. The van der Waals surface area contributed by atoms with E-state index in [0.29, 0.717) is 0 Å². The van der Waals surface area contributed by atoms with Gasteiger partial charge in [0.2, 0.25) is 0 Å². The Morgan fingerprint density at radius 3 is 2.20 bits per heavy atom. The van der Waals surface area contributed by atoms with E-state index in [4.69, 9.17) is 9.31 Å². The summed E-state index contributed by atoms with van der Waals surface area (Å²) in [4.78, 5) is 24.6. The predicted molar refractivity (Wildman–Crippen MR) is 75.6 cm³/mol. The van der Waals surface area contributed by atoms with E-state index in [1.165, 1.54) is 0 Å². The highest BCUT2D eigenvalue weighted by molar-refractivity contribution is 6.55. The molecule has 0 radical (unpaired) electrons. The number of likely N-dealkylation sites (N-methyl/N-ethyl adjacent to an activating group) is 1. The summed E-state index contributed by atoms with van der Waals surface area (Å²) < 4.78 is 10.1. The van der Waals surface area contributed by atoms with Gasteiger partial charge in [-0.05, 0) is 25.5 Å². The summed E-state index contributed by atoms with van der Waals surface area (Å²) >= 11 is 0. The molecule has 1 aromatic carbocycles. The average Bonchev–Trinajstić information content (AvgIpc) is 2.35. The van der Waals surface area contributed by atoms with Crippen LogP contribution in [0.5, 0.6) is 0 Å². The second-order valence-corrected chi connectivity index (χ2v) is 4.79. The number of hydrogen-bond acceptors (Lipinski definition) is 5. The first kappa shape index (κ1) is 14.3. The maximum absolute atomic E-state index is 11.5. The molecule has 0 aromatic heterocycles. The molecule has 0 aliphatic carbocycles. The van der Waals surface area contributed by atoms with Crippen LogP contribution in [0, 0.1) is 6.92 Å². The molecule has 20 heavy (non-hydrogen) atoms. The summed E-state index contributed by atoms with van der Waals surface area (Å²) in [5, 5.41) is 0. The van der Waals surface area contributed by atoms with Gasteiger partial charge in [0, 0.05) is 0 Å². The maximum Gasteiger partial charge on any atom is 0.628 e. The zero-order chi connectivity index (χ0) is 14.5. The monoisotopic (exact) mass is 273 g/mol. The number of rotatable bonds is 2. The predicted octanol–water partition coefficient (Wildman–Crippen LogP) is 1.07. The van der Waals surface area contributed by atoms with Gasteiger partial charge in [-0.2, -0.15) is 0 Å². The molecule has 104 valence electrons. The van der Waals surface area contributed by atoms with Gasteiger partial charge in [-0.15, -0.1) is 0 Å². The van der Waals surface area contributed by atoms with Crippen LogP contribution < -0.4 is 0 Å². The van der Waals surface area contributed by atoms with Crippen LogP contribution in [-0.4, -0.2) is 44.1 Å². The van der Waals surface area contributed by atoms with E-state index < -0.39 is 19.1 Å². The topological polar surface area (TPSA) is 55.8 Å². The largest absolute Gasteiger partial charge is 0.628 e. The lowest BCUT2D eigenvalue weighted by atomic mass is 9.88. The lowest BCUT2D eigenvalue weighted by Crippen LogP contribution is -2.41. The molecule has 1 aromatic rings. The molecular weight excluding hydrogens is 257 g/mol. The van der Waals surface area contributed by atoms with Gasteiger partial charge in [-0.1, -0.05) is 35.9 Å². The number of carbonyl (C=O) groups excluding carboxylic acids is 2. The Morgan fingerprint density at radius 2 is 1.65 bits per heavy atom. The Balaban J connectivity index is 2.04. The standard InChI is InChI=1S/C14H16BNO4/c1-11-3-5-12(6-4-11)7-8-15-19-13(17)9-16(2)10-14(18)20-15/h3-8H,9-10H2,1-2H3/b8-7+. The molecule has 0 unspecified atom stereocenters. The molecule has 6 heteroatoms. The zero-order valence-electron chi connectivity index (χ0n) is 11.5. The summed E-state index contributed by atoms with van der Waals surface area (Å²) in [7, 11) is 0.690. The lowest BCUT2D eigenvalue weighted by Gasteiger charge is -2.21. The molecule has 1 fully saturated rings. The van der Waals surface area contributed by atoms with Crippen molar-refractivity contribution in [2.45, 2.75) is 6.92 Å². The molecule has 0 atom stereocenters. The summed E-state index contributed by atoms with van der Waals surface area (Å²) in [6, 6.07) is 7.83. The number of aryl methyl sites for hydroxylation is 1. The minimum absolute atomic E-state index is 0.0734. The minimum Gasteiger partial charge on any atom is -0.495 e. The molecule has 1 heterocycles. The molecule has 0 bridgehead atoms. The van der Waals surface area contributed by atoms with Gasteiger partial charge in [-0.3, -0.25) is 14.5 Å². The van der Waals surface area contributed by atoms with E-state index in [1.54, 1.807) is 24.0 Å². The van der Waals surface area contributed by atoms with Gasteiger partial charge >= 0.3 is 19.1 Å². The third-order valence-corrected chi connectivity index (χ3v) is 2.82. The molecule has 0 N–H and O–H groups in total. The summed E-state index contributed by atoms with van der Waals surface area (Å²) in [5.41, 5.74) is 2.11. The van der Waals surface area contributed by atoms with Crippen LogP contribution in [0.15, 0.2) is 30.2 Å². The van der Waals surface area contributed by atoms with E-state index in [1.807, 2.05) is 31.2 Å². The quantitative estimate of drug-likeness (QED) is 0.754. The highest BCUT2D eigenvalue weighted by atomic mass is 16.6. The Hall–Kier alpha value is -2.08. The van der Waals surface area contributed by atoms with Crippen molar-refractivity contribution in [2.24, 2.45) is 0 Å². The normalized spacial score (nSPS) is 17.6.